The molecule has 38 heavy (non-hydrogen) atoms. The summed E-state index contributed by atoms with van der Waals surface area (Å²) in [7, 11) is 2.88. The van der Waals surface area contributed by atoms with Crippen molar-refractivity contribution in [3.05, 3.63) is 62.3 Å². The van der Waals surface area contributed by atoms with Crippen molar-refractivity contribution < 1.29 is 24.2 Å². The van der Waals surface area contributed by atoms with Gasteiger partial charge in [0.1, 0.15) is 18.0 Å². The van der Waals surface area contributed by atoms with Crippen LogP contribution in [0.15, 0.2) is 46.0 Å². The topological polar surface area (TPSA) is 129 Å². The largest absolute Gasteiger partial charge is 0.495 e. The number of benzene rings is 2. The van der Waals surface area contributed by atoms with Gasteiger partial charge in [-0.15, -0.1) is 0 Å². The number of anilines is 1. The lowest BCUT2D eigenvalue weighted by Gasteiger charge is -2.24. The molecule has 0 radical (unpaired) electrons. The molecule has 1 fully saturated rings. The number of hydrogen-bond acceptors (Lipinski definition) is 7. The van der Waals surface area contributed by atoms with Gasteiger partial charge < -0.3 is 19.9 Å². The smallest absolute Gasteiger partial charge is 0.332 e. The van der Waals surface area contributed by atoms with E-state index in [1.165, 1.54) is 30.9 Å². The Morgan fingerprint density at radius 1 is 1.00 bits per heavy atom. The molecule has 10 nitrogen and oxygen atoms in total. The van der Waals surface area contributed by atoms with Gasteiger partial charge in [-0.05, 0) is 49.8 Å². The van der Waals surface area contributed by atoms with Crippen LogP contribution >= 0.6 is 11.6 Å². The molecule has 4 rings (SSSR count). The number of hydrogen-bond donors (Lipinski definition) is 2. The van der Waals surface area contributed by atoms with E-state index in [9.17, 15) is 24.3 Å². The molecule has 11 heteroatoms. The number of fused-ring (bicyclic) bond motifs is 1. The van der Waals surface area contributed by atoms with E-state index in [1.54, 1.807) is 24.3 Å². The van der Waals surface area contributed by atoms with Gasteiger partial charge in [0.15, 0.2) is 5.78 Å². The van der Waals surface area contributed by atoms with Gasteiger partial charge in [-0.2, -0.15) is 0 Å². The Morgan fingerprint density at radius 3 is 2.37 bits per heavy atom. The summed E-state index contributed by atoms with van der Waals surface area (Å²) in [6, 6.07) is 9.45. The molecule has 0 spiro atoms. The summed E-state index contributed by atoms with van der Waals surface area (Å²) in [5.41, 5.74) is -0.779. The van der Waals surface area contributed by atoms with Crippen LogP contribution in [0.5, 0.6) is 11.5 Å². The van der Waals surface area contributed by atoms with E-state index in [4.69, 9.17) is 21.1 Å². The minimum atomic E-state index is -0.754. The fourth-order valence-corrected chi connectivity index (χ4v) is 5.11. The number of Topliss-reactive ketones (excluding diaryl/α,β-unsaturated/α-hetero) is 1. The number of methoxy groups -OCH3 is 2. The van der Waals surface area contributed by atoms with E-state index in [0.29, 0.717) is 24.3 Å². The van der Waals surface area contributed by atoms with Crippen molar-refractivity contribution in [2.24, 2.45) is 5.92 Å². The highest BCUT2D eigenvalue weighted by molar-refractivity contribution is 6.32. The highest BCUT2D eigenvalue weighted by Gasteiger charge is 2.23. The third-order valence-electron chi connectivity index (χ3n) is 6.85. The maximum absolute atomic E-state index is 13.4. The number of carbonyl (C=O) groups is 2. The van der Waals surface area contributed by atoms with Gasteiger partial charge in [0.2, 0.25) is 5.91 Å². The lowest BCUT2D eigenvalue weighted by Crippen LogP contribution is -2.43. The van der Waals surface area contributed by atoms with E-state index in [-0.39, 0.29) is 52.4 Å². The van der Waals surface area contributed by atoms with Crippen molar-refractivity contribution in [2.45, 2.75) is 51.3 Å². The van der Waals surface area contributed by atoms with Crippen LogP contribution in [0, 0.1) is 5.92 Å². The molecule has 0 aliphatic heterocycles. The molecule has 3 aromatic rings. The van der Waals surface area contributed by atoms with E-state index < -0.39 is 23.7 Å². The number of nitrogens with zero attached hydrogens (tertiary/aromatic N) is 2. The predicted molar refractivity (Wildman–Crippen MR) is 143 cm³/mol. The van der Waals surface area contributed by atoms with Crippen LogP contribution in [-0.2, 0) is 22.7 Å². The quantitative estimate of drug-likeness (QED) is 0.424. The maximum Gasteiger partial charge on any atom is 0.332 e. The summed E-state index contributed by atoms with van der Waals surface area (Å²) in [4.78, 5) is 52.5. The first kappa shape index (κ1) is 27.4. The molecule has 0 unspecified atom stereocenters. The first-order chi connectivity index (χ1) is 18.2. The van der Waals surface area contributed by atoms with Gasteiger partial charge in [-0.1, -0.05) is 23.7 Å². The number of carbonyl (C=O) groups excluding carboxylic acids is 2. The molecular weight excluding hydrogens is 514 g/mol. The molecule has 1 saturated carbocycles. The van der Waals surface area contributed by atoms with E-state index >= 15 is 0 Å². The number of rotatable bonds is 9. The Balaban J connectivity index is 1.62. The lowest BCUT2D eigenvalue weighted by molar-refractivity contribution is -0.121. The van der Waals surface area contributed by atoms with Crippen LogP contribution in [0.3, 0.4) is 0 Å². The molecular formula is C27H30ClN3O7. The van der Waals surface area contributed by atoms with Crippen LogP contribution < -0.4 is 26.0 Å². The second kappa shape index (κ2) is 11.8. The molecule has 1 aliphatic carbocycles. The van der Waals surface area contributed by atoms with Crippen LogP contribution in [0.1, 0.15) is 32.1 Å². The highest BCUT2D eigenvalue weighted by Crippen LogP contribution is 2.36. The summed E-state index contributed by atoms with van der Waals surface area (Å²) in [5.74, 6) is -0.0163. The minimum absolute atomic E-state index is 0.112. The summed E-state index contributed by atoms with van der Waals surface area (Å²) in [6.45, 7) is -0.799. The zero-order chi connectivity index (χ0) is 27.4. The van der Waals surface area contributed by atoms with Crippen molar-refractivity contribution in [2.75, 3.05) is 19.5 Å². The number of halogens is 1. The van der Waals surface area contributed by atoms with Gasteiger partial charge in [0, 0.05) is 12.5 Å². The Labute approximate surface area is 223 Å². The molecule has 0 atom stereocenters. The van der Waals surface area contributed by atoms with Crippen LogP contribution in [-0.4, -0.2) is 46.3 Å². The predicted octanol–water partition coefficient (Wildman–Crippen LogP) is 2.98. The number of ether oxygens (including phenoxy) is 2. The second-order valence-electron chi connectivity index (χ2n) is 9.43. The molecule has 1 aliphatic rings. The zero-order valence-corrected chi connectivity index (χ0v) is 22.0. The number of aliphatic hydroxyl groups excluding tert-OH is 1. The van der Waals surface area contributed by atoms with E-state index in [2.05, 4.69) is 5.32 Å². The monoisotopic (exact) mass is 543 g/mol. The van der Waals surface area contributed by atoms with Crippen molar-refractivity contribution in [1.29, 1.82) is 0 Å². The third kappa shape index (κ3) is 5.92. The third-order valence-corrected chi connectivity index (χ3v) is 7.14. The van der Waals surface area contributed by atoms with Crippen molar-refractivity contribution >= 4 is 39.9 Å². The fraction of sp³-hybridized carbons (Fsp3) is 0.407. The fourth-order valence-electron chi connectivity index (χ4n) is 4.87. The average Bonchev–Trinajstić information content (AvgIpc) is 2.90. The molecule has 202 valence electrons. The van der Waals surface area contributed by atoms with Gasteiger partial charge >= 0.3 is 5.69 Å². The van der Waals surface area contributed by atoms with Crippen LogP contribution in [0.4, 0.5) is 5.69 Å². The molecule has 2 aromatic carbocycles. The Kier molecular flexibility index (Phi) is 8.53. The minimum Gasteiger partial charge on any atom is -0.495 e. The molecule has 1 heterocycles. The van der Waals surface area contributed by atoms with Crippen molar-refractivity contribution in [3.8, 4) is 11.5 Å². The van der Waals surface area contributed by atoms with Gasteiger partial charge in [0.05, 0.1) is 48.5 Å². The number of aromatic nitrogens is 2. The lowest BCUT2D eigenvalue weighted by atomic mass is 9.84. The number of para-hydroxylation sites is 1. The van der Waals surface area contributed by atoms with Gasteiger partial charge in [0.25, 0.3) is 5.56 Å². The average molecular weight is 544 g/mol. The zero-order valence-electron chi connectivity index (χ0n) is 21.2. The standard InChI is InChI=1S/C27H30ClN3O7/c1-37-23-13-24(38-2)21(12-20(23)28)29-25(34)15-30-22-6-4-3-5-19(22)26(35)31(27(30)36)14-18(33)11-16-7-9-17(32)10-8-16/h3-6,12-13,16-17,32H,7-11,14-15H2,1-2H3,(H,29,34). The van der Waals surface area contributed by atoms with Crippen LogP contribution in [0.25, 0.3) is 10.9 Å². The normalized spacial score (nSPS) is 17.3. The second-order valence-corrected chi connectivity index (χ2v) is 9.84. The Hall–Kier alpha value is -3.63. The Bertz CT molecular complexity index is 1470. The first-order valence-electron chi connectivity index (χ1n) is 12.3. The number of amides is 1. The number of nitrogens with one attached hydrogen (secondary N) is 1. The highest BCUT2D eigenvalue weighted by atomic mass is 35.5. The molecule has 0 saturated heterocycles. The molecule has 2 N–H and O–H groups in total. The number of aliphatic hydroxyl groups is 1. The van der Waals surface area contributed by atoms with E-state index in [0.717, 1.165) is 17.4 Å². The first-order valence-corrected chi connectivity index (χ1v) is 12.7. The van der Waals surface area contributed by atoms with Crippen molar-refractivity contribution in [3.63, 3.8) is 0 Å². The van der Waals surface area contributed by atoms with Gasteiger partial charge in [-0.25, -0.2) is 4.79 Å². The van der Waals surface area contributed by atoms with E-state index in [1.807, 2.05) is 0 Å². The summed E-state index contributed by atoms with van der Waals surface area (Å²) >= 11 is 6.20. The molecule has 1 amide bonds. The summed E-state index contributed by atoms with van der Waals surface area (Å²) < 4.78 is 12.6. The van der Waals surface area contributed by atoms with Crippen LogP contribution in [0.2, 0.25) is 5.02 Å². The molecule has 1 aromatic heterocycles. The van der Waals surface area contributed by atoms with Crippen molar-refractivity contribution in [1.82, 2.24) is 9.13 Å². The Morgan fingerprint density at radius 2 is 1.68 bits per heavy atom. The summed E-state index contributed by atoms with van der Waals surface area (Å²) in [6.07, 6.45) is 2.62. The summed E-state index contributed by atoms with van der Waals surface area (Å²) in [5, 5.41) is 12.9. The number of ketones is 1. The van der Waals surface area contributed by atoms with Gasteiger partial charge in [-0.3, -0.25) is 23.5 Å². The maximum atomic E-state index is 13.4. The SMILES string of the molecule is COc1cc(OC)c(NC(=O)Cn2c(=O)n(CC(=O)CC3CCC(O)CC3)c(=O)c3ccccc32)cc1Cl. The molecule has 0 bridgehead atoms.